The van der Waals surface area contributed by atoms with E-state index in [1.165, 1.54) is 10.4 Å². The van der Waals surface area contributed by atoms with Gasteiger partial charge in [-0.05, 0) is 61.2 Å². The van der Waals surface area contributed by atoms with Crippen LogP contribution in [0.5, 0.6) is 5.75 Å². The van der Waals surface area contributed by atoms with Gasteiger partial charge in [0.15, 0.2) is 0 Å². The van der Waals surface area contributed by atoms with E-state index in [9.17, 15) is 0 Å². The summed E-state index contributed by atoms with van der Waals surface area (Å²) in [6, 6.07) is 6.30. The number of aryl methyl sites for hydroxylation is 2. The van der Waals surface area contributed by atoms with E-state index in [2.05, 4.69) is 23.4 Å². The lowest BCUT2D eigenvalue weighted by Gasteiger charge is -2.19. The molecule has 21 heavy (non-hydrogen) atoms. The van der Waals surface area contributed by atoms with Crippen molar-refractivity contribution >= 4 is 22.9 Å². The molecular weight excluding hydrogens is 302 g/mol. The number of nitrogens with zero attached hydrogens (tertiary/aromatic N) is 1. The van der Waals surface area contributed by atoms with Gasteiger partial charge in [-0.3, -0.25) is 0 Å². The second kappa shape index (κ2) is 5.99. The smallest absolute Gasteiger partial charge is 0.134 e. The molecule has 0 spiro atoms. The molecule has 0 saturated carbocycles. The summed E-state index contributed by atoms with van der Waals surface area (Å²) >= 11 is 8.04. The summed E-state index contributed by atoms with van der Waals surface area (Å²) in [5, 5.41) is 3.00. The molecule has 1 unspecified atom stereocenters. The zero-order chi connectivity index (χ0) is 15.0. The largest absolute Gasteiger partial charge is 0.485 e. The molecule has 0 saturated heterocycles. The summed E-state index contributed by atoms with van der Waals surface area (Å²) in [5.41, 5.74) is 3.54. The Hall–Kier alpha value is -1.03. The number of halogens is 1. The van der Waals surface area contributed by atoms with Crippen LogP contribution in [0.3, 0.4) is 0 Å². The normalized spacial score (nSPS) is 19.1. The number of rotatable bonds is 2. The van der Waals surface area contributed by atoms with E-state index in [-0.39, 0.29) is 6.10 Å². The molecule has 1 aliphatic rings. The highest BCUT2D eigenvalue weighted by Gasteiger charge is 2.23. The molecule has 1 atom stereocenters. The monoisotopic (exact) mass is 321 g/mol. The summed E-state index contributed by atoms with van der Waals surface area (Å²) in [5.74, 6) is 0.920. The van der Waals surface area contributed by atoms with Crippen molar-refractivity contribution in [3.05, 3.63) is 50.2 Å². The topological polar surface area (TPSA) is 12.5 Å². The number of hydrogen-bond acceptors (Lipinski definition) is 3. The van der Waals surface area contributed by atoms with Crippen molar-refractivity contribution in [2.24, 2.45) is 0 Å². The van der Waals surface area contributed by atoms with Gasteiger partial charge in [-0.25, -0.2) is 0 Å². The molecule has 0 radical (unpaired) electrons. The lowest BCUT2D eigenvalue weighted by Crippen LogP contribution is -2.18. The van der Waals surface area contributed by atoms with Gasteiger partial charge in [0.1, 0.15) is 11.9 Å². The van der Waals surface area contributed by atoms with E-state index in [0.29, 0.717) is 0 Å². The average molecular weight is 322 g/mol. The lowest BCUT2D eigenvalue weighted by atomic mass is 10.1. The first-order valence-corrected chi connectivity index (χ1v) is 8.48. The Bertz CT molecular complexity index is 629. The zero-order valence-electron chi connectivity index (χ0n) is 12.6. The van der Waals surface area contributed by atoms with Gasteiger partial charge in [-0.15, -0.1) is 11.3 Å². The Balaban J connectivity index is 1.88. The van der Waals surface area contributed by atoms with Gasteiger partial charge in [0.05, 0.1) is 0 Å². The predicted molar refractivity (Wildman–Crippen MR) is 89.6 cm³/mol. The summed E-state index contributed by atoms with van der Waals surface area (Å²) in [6.07, 6.45) is 1.16. The van der Waals surface area contributed by atoms with E-state index in [4.69, 9.17) is 16.3 Å². The number of thiophene rings is 1. The average Bonchev–Trinajstić information content (AvgIpc) is 2.83. The van der Waals surface area contributed by atoms with Crippen LogP contribution in [0.25, 0.3) is 0 Å². The molecule has 2 aromatic rings. The molecule has 0 aliphatic carbocycles. The standard InChI is InChI=1S/C17H20ClNOS/c1-11-8-14(9-12(2)16(11)18)20-15-4-6-19(3)10-13-5-7-21-17(13)15/h5,7-9,15H,4,6,10H2,1-3H3. The molecule has 112 valence electrons. The third-order valence-electron chi connectivity index (χ3n) is 3.97. The number of hydrogen-bond donors (Lipinski definition) is 0. The first-order valence-electron chi connectivity index (χ1n) is 7.23. The molecule has 4 heteroatoms. The number of benzene rings is 1. The van der Waals surface area contributed by atoms with E-state index in [1.54, 1.807) is 11.3 Å². The molecule has 1 aromatic heterocycles. The molecule has 3 rings (SSSR count). The maximum absolute atomic E-state index is 6.31. The predicted octanol–water partition coefficient (Wildman–Crippen LogP) is 4.97. The van der Waals surface area contributed by atoms with Gasteiger partial charge in [0.25, 0.3) is 0 Å². The van der Waals surface area contributed by atoms with Crippen LogP contribution >= 0.6 is 22.9 Å². The van der Waals surface area contributed by atoms with E-state index < -0.39 is 0 Å². The highest BCUT2D eigenvalue weighted by molar-refractivity contribution is 7.10. The first kappa shape index (κ1) is 14.9. The van der Waals surface area contributed by atoms with Crippen molar-refractivity contribution in [1.29, 1.82) is 0 Å². The van der Waals surface area contributed by atoms with Crippen LogP contribution < -0.4 is 4.74 Å². The Labute approximate surface area is 135 Å². The summed E-state index contributed by atoms with van der Waals surface area (Å²) < 4.78 is 6.31. The fourth-order valence-corrected chi connectivity index (χ4v) is 3.94. The molecule has 1 aromatic carbocycles. The van der Waals surface area contributed by atoms with Gasteiger partial charge in [-0.1, -0.05) is 11.6 Å². The summed E-state index contributed by atoms with van der Waals surface area (Å²) in [4.78, 5) is 3.72. The fourth-order valence-electron chi connectivity index (χ4n) is 2.85. The maximum atomic E-state index is 6.31. The van der Waals surface area contributed by atoms with Crippen molar-refractivity contribution < 1.29 is 4.74 Å². The Morgan fingerprint density at radius 3 is 2.71 bits per heavy atom. The molecule has 0 bridgehead atoms. The maximum Gasteiger partial charge on any atom is 0.134 e. The number of ether oxygens (including phenoxy) is 1. The van der Waals surface area contributed by atoms with Crippen LogP contribution in [0.2, 0.25) is 5.02 Å². The molecule has 0 N–H and O–H groups in total. The van der Waals surface area contributed by atoms with Crippen LogP contribution in [-0.4, -0.2) is 18.5 Å². The zero-order valence-corrected chi connectivity index (χ0v) is 14.2. The summed E-state index contributed by atoms with van der Waals surface area (Å²) in [6.45, 7) is 6.12. The van der Waals surface area contributed by atoms with Gasteiger partial charge in [0.2, 0.25) is 0 Å². The molecule has 2 nitrogen and oxygen atoms in total. The van der Waals surface area contributed by atoms with Crippen molar-refractivity contribution in [3.8, 4) is 5.75 Å². The van der Waals surface area contributed by atoms with Crippen molar-refractivity contribution in [2.45, 2.75) is 32.9 Å². The minimum atomic E-state index is 0.143. The van der Waals surface area contributed by atoms with E-state index in [1.807, 2.05) is 26.0 Å². The third-order valence-corrected chi connectivity index (χ3v) is 5.62. The summed E-state index contributed by atoms with van der Waals surface area (Å²) in [7, 11) is 2.17. The minimum Gasteiger partial charge on any atom is -0.485 e. The lowest BCUT2D eigenvalue weighted by molar-refractivity contribution is 0.185. The minimum absolute atomic E-state index is 0.143. The molecule has 0 fully saturated rings. The Morgan fingerprint density at radius 2 is 2.00 bits per heavy atom. The van der Waals surface area contributed by atoms with Crippen molar-refractivity contribution in [3.63, 3.8) is 0 Å². The van der Waals surface area contributed by atoms with Gasteiger partial charge >= 0.3 is 0 Å². The second-order valence-corrected chi connectivity index (χ2v) is 7.14. The highest BCUT2D eigenvalue weighted by Crippen LogP contribution is 2.36. The SMILES string of the molecule is Cc1cc(OC2CCN(C)Cc3ccsc32)cc(C)c1Cl. The Morgan fingerprint density at radius 1 is 1.29 bits per heavy atom. The van der Waals surface area contributed by atoms with Gasteiger partial charge in [0, 0.05) is 29.4 Å². The fraction of sp³-hybridized carbons (Fsp3) is 0.412. The molecule has 1 aliphatic heterocycles. The van der Waals surface area contributed by atoms with Crippen LogP contribution in [0.15, 0.2) is 23.6 Å². The Kier molecular flexibility index (Phi) is 4.25. The molecule has 0 amide bonds. The second-order valence-electron chi connectivity index (χ2n) is 5.81. The van der Waals surface area contributed by atoms with Crippen molar-refractivity contribution in [1.82, 2.24) is 4.90 Å². The van der Waals surface area contributed by atoms with Gasteiger partial charge < -0.3 is 9.64 Å². The quantitative estimate of drug-likeness (QED) is 0.774. The van der Waals surface area contributed by atoms with Crippen molar-refractivity contribution in [2.75, 3.05) is 13.6 Å². The van der Waals surface area contributed by atoms with Crippen LogP contribution in [0, 0.1) is 13.8 Å². The first-order chi connectivity index (χ1) is 10.0. The van der Waals surface area contributed by atoms with Crippen LogP contribution in [0.1, 0.15) is 34.1 Å². The van der Waals surface area contributed by atoms with E-state index >= 15 is 0 Å². The number of fused-ring (bicyclic) bond motifs is 1. The van der Waals surface area contributed by atoms with Gasteiger partial charge in [-0.2, -0.15) is 0 Å². The van der Waals surface area contributed by atoms with E-state index in [0.717, 1.165) is 41.4 Å². The van der Waals surface area contributed by atoms with Crippen LogP contribution in [0.4, 0.5) is 0 Å². The molecular formula is C17H20ClNOS. The third kappa shape index (κ3) is 3.10. The highest BCUT2D eigenvalue weighted by atomic mass is 35.5. The molecule has 2 heterocycles. The van der Waals surface area contributed by atoms with Crippen LogP contribution in [-0.2, 0) is 6.54 Å².